The van der Waals surface area contributed by atoms with Gasteiger partial charge in [0.2, 0.25) is 0 Å². The predicted molar refractivity (Wildman–Crippen MR) is 77.8 cm³/mol. The standard InChI is InChI=1S/C15H22N4/c1-16-15(14-7-5-4-6-8-14)12-18(2)10-13-9-17-19(3)11-13/h4-9,11,15-16H,10,12H2,1-3H3. The van der Waals surface area contributed by atoms with E-state index in [0.29, 0.717) is 6.04 Å². The molecule has 102 valence electrons. The average Bonchev–Trinajstić information content (AvgIpc) is 2.82. The van der Waals surface area contributed by atoms with Gasteiger partial charge in [-0.25, -0.2) is 0 Å². The molecule has 0 aliphatic rings. The highest BCUT2D eigenvalue weighted by atomic mass is 15.2. The van der Waals surface area contributed by atoms with Gasteiger partial charge in [-0.1, -0.05) is 30.3 Å². The minimum atomic E-state index is 0.350. The third-order valence-electron chi connectivity index (χ3n) is 3.26. The lowest BCUT2D eigenvalue weighted by atomic mass is 10.1. The predicted octanol–water partition coefficient (Wildman–Crippen LogP) is 1.81. The monoisotopic (exact) mass is 258 g/mol. The summed E-state index contributed by atoms with van der Waals surface area (Å²) in [5, 5.41) is 7.58. The first-order valence-electron chi connectivity index (χ1n) is 6.57. The second-order valence-electron chi connectivity index (χ2n) is 4.97. The SMILES string of the molecule is CNC(CN(C)Cc1cnn(C)c1)c1ccccc1. The van der Waals surface area contributed by atoms with Crippen LogP contribution in [0.25, 0.3) is 0 Å². The van der Waals surface area contributed by atoms with E-state index in [1.807, 2.05) is 25.0 Å². The fraction of sp³-hybridized carbons (Fsp3) is 0.400. The first-order valence-corrected chi connectivity index (χ1v) is 6.57. The molecule has 0 radical (unpaired) electrons. The number of hydrogen-bond donors (Lipinski definition) is 1. The first-order chi connectivity index (χ1) is 9.19. The van der Waals surface area contributed by atoms with Crippen molar-refractivity contribution in [3.8, 4) is 0 Å². The molecule has 1 unspecified atom stereocenters. The number of nitrogens with one attached hydrogen (secondary N) is 1. The van der Waals surface area contributed by atoms with Crippen LogP contribution in [-0.4, -0.2) is 35.3 Å². The van der Waals surface area contributed by atoms with E-state index in [-0.39, 0.29) is 0 Å². The van der Waals surface area contributed by atoms with Gasteiger partial charge in [0, 0.05) is 37.9 Å². The Balaban J connectivity index is 1.95. The van der Waals surface area contributed by atoms with E-state index in [1.165, 1.54) is 11.1 Å². The van der Waals surface area contributed by atoms with Crippen molar-refractivity contribution in [2.75, 3.05) is 20.6 Å². The molecule has 1 N–H and O–H groups in total. The maximum atomic E-state index is 4.20. The van der Waals surface area contributed by atoms with Crippen LogP contribution in [-0.2, 0) is 13.6 Å². The summed E-state index contributed by atoms with van der Waals surface area (Å²) < 4.78 is 1.84. The summed E-state index contributed by atoms with van der Waals surface area (Å²) >= 11 is 0. The van der Waals surface area contributed by atoms with Crippen LogP contribution in [0.5, 0.6) is 0 Å². The van der Waals surface area contributed by atoms with Crippen LogP contribution in [0.1, 0.15) is 17.2 Å². The quantitative estimate of drug-likeness (QED) is 0.858. The van der Waals surface area contributed by atoms with Crippen LogP contribution >= 0.6 is 0 Å². The van der Waals surface area contributed by atoms with Crippen LogP contribution in [0.3, 0.4) is 0 Å². The van der Waals surface area contributed by atoms with Gasteiger partial charge in [0.1, 0.15) is 0 Å². The molecular formula is C15H22N4. The molecule has 0 fully saturated rings. The van der Waals surface area contributed by atoms with Crippen molar-refractivity contribution in [3.05, 3.63) is 53.9 Å². The Morgan fingerprint density at radius 3 is 2.63 bits per heavy atom. The topological polar surface area (TPSA) is 33.1 Å². The van der Waals surface area contributed by atoms with E-state index >= 15 is 0 Å². The molecule has 0 bridgehead atoms. The van der Waals surface area contributed by atoms with Gasteiger partial charge >= 0.3 is 0 Å². The van der Waals surface area contributed by atoms with Gasteiger partial charge in [-0.05, 0) is 19.7 Å². The second kappa shape index (κ2) is 6.50. The summed E-state index contributed by atoms with van der Waals surface area (Å²) in [6.45, 7) is 1.88. The molecule has 1 atom stereocenters. The summed E-state index contributed by atoms with van der Waals surface area (Å²) in [7, 11) is 6.10. The van der Waals surface area contributed by atoms with Crippen LogP contribution < -0.4 is 5.32 Å². The summed E-state index contributed by atoms with van der Waals surface area (Å²) in [6, 6.07) is 10.9. The fourth-order valence-electron chi connectivity index (χ4n) is 2.29. The lowest BCUT2D eigenvalue weighted by molar-refractivity contribution is 0.289. The van der Waals surface area contributed by atoms with E-state index in [2.05, 4.69) is 58.9 Å². The van der Waals surface area contributed by atoms with E-state index in [0.717, 1.165) is 13.1 Å². The molecule has 19 heavy (non-hydrogen) atoms. The lowest BCUT2D eigenvalue weighted by Crippen LogP contribution is -2.30. The van der Waals surface area contributed by atoms with Crippen molar-refractivity contribution in [3.63, 3.8) is 0 Å². The Hall–Kier alpha value is -1.65. The van der Waals surface area contributed by atoms with Gasteiger partial charge in [0.05, 0.1) is 6.20 Å². The van der Waals surface area contributed by atoms with Crippen LogP contribution in [0, 0.1) is 0 Å². The Labute approximate surface area is 115 Å². The lowest BCUT2D eigenvalue weighted by Gasteiger charge is -2.23. The molecule has 0 saturated heterocycles. The number of nitrogens with zero attached hydrogens (tertiary/aromatic N) is 3. The third-order valence-corrected chi connectivity index (χ3v) is 3.26. The maximum absolute atomic E-state index is 4.20. The van der Waals surface area contributed by atoms with Crippen molar-refractivity contribution in [2.45, 2.75) is 12.6 Å². The molecule has 1 aromatic carbocycles. The molecular weight excluding hydrogens is 236 g/mol. The number of hydrogen-bond acceptors (Lipinski definition) is 3. The van der Waals surface area contributed by atoms with Gasteiger partial charge in [0.15, 0.2) is 0 Å². The number of aromatic nitrogens is 2. The molecule has 2 aromatic rings. The smallest absolute Gasteiger partial charge is 0.0534 e. The Morgan fingerprint density at radius 1 is 1.32 bits per heavy atom. The van der Waals surface area contributed by atoms with Crippen LogP contribution in [0.15, 0.2) is 42.7 Å². The zero-order valence-corrected chi connectivity index (χ0v) is 11.9. The highest BCUT2D eigenvalue weighted by Gasteiger charge is 2.12. The molecule has 0 amide bonds. The maximum Gasteiger partial charge on any atom is 0.0534 e. The molecule has 1 aromatic heterocycles. The minimum Gasteiger partial charge on any atom is -0.312 e. The van der Waals surface area contributed by atoms with Gasteiger partial charge < -0.3 is 10.2 Å². The number of rotatable bonds is 6. The van der Waals surface area contributed by atoms with Crippen molar-refractivity contribution in [1.29, 1.82) is 0 Å². The molecule has 0 saturated carbocycles. The van der Waals surface area contributed by atoms with Crippen LogP contribution in [0.2, 0.25) is 0 Å². The van der Waals surface area contributed by atoms with Crippen molar-refractivity contribution in [2.24, 2.45) is 7.05 Å². The Bertz CT molecular complexity index is 492. The van der Waals surface area contributed by atoms with Crippen LogP contribution in [0.4, 0.5) is 0 Å². The largest absolute Gasteiger partial charge is 0.312 e. The number of benzene rings is 1. The zero-order chi connectivity index (χ0) is 13.7. The number of aryl methyl sites for hydroxylation is 1. The highest BCUT2D eigenvalue weighted by molar-refractivity contribution is 5.19. The van der Waals surface area contributed by atoms with Gasteiger partial charge in [-0.2, -0.15) is 5.10 Å². The van der Waals surface area contributed by atoms with Crippen molar-refractivity contribution >= 4 is 0 Å². The van der Waals surface area contributed by atoms with Crippen molar-refractivity contribution < 1.29 is 0 Å². The highest BCUT2D eigenvalue weighted by Crippen LogP contribution is 2.14. The van der Waals surface area contributed by atoms with E-state index in [1.54, 1.807) is 0 Å². The molecule has 0 aliphatic carbocycles. The van der Waals surface area contributed by atoms with E-state index < -0.39 is 0 Å². The Kier molecular flexibility index (Phi) is 4.71. The summed E-state index contributed by atoms with van der Waals surface area (Å²) in [6.07, 6.45) is 3.99. The van der Waals surface area contributed by atoms with E-state index in [9.17, 15) is 0 Å². The van der Waals surface area contributed by atoms with Gasteiger partial charge in [0.25, 0.3) is 0 Å². The summed E-state index contributed by atoms with van der Waals surface area (Å²) in [4.78, 5) is 2.31. The zero-order valence-electron chi connectivity index (χ0n) is 11.9. The number of likely N-dealkylation sites (N-methyl/N-ethyl adjacent to an activating group) is 2. The molecule has 0 spiro atoms. The summed E-state index contributed by atoms with van der Waals surface area (Å²) in [5.74, 6) is 0. The average molecular weight is 258 g/mol. The van der Waals surface area contributed by atoms with Gasteiger partial charge in [-0.3, -0.25) is 4.68 Å². The first kappa shape index (κ1) is 13.8. The molecule has 0 aliphatic heterocycles. The molecule has 4 heteroatoms. The second-order valence-corrected chi connectivity index (χ2v) is 4.97. The molecule has 4 nitrogen and oxygen atoms in total. The molecule has 1 heterocycles. The van der Waals surface area contributed by atoms with Crippen molar-refractivity contribution in [1.82, 2.24) is 20.0 Å². The normalized spacial score (nSPS) is 12.8. The minimum absolute atomic E-state index is 0.350. The van der Waals surface area contributed by atoms with Gasteiger partial charge in [-0.15, -0.1) is 0 Å². The third kappa shape index (κ3) is 3.91. The van der Waals surface area contributed by atoms with E-state index in [4.69, 9.17) is 0 Å². The fourth-order valence-corrected chi connectivity index (χ4v) is 2.29. The molecule has 2 rings (SSSR count). The summed E-state index contributed by atoms with van der Waals surface area (Å²) in [5.41, 5.74) is 2.57. The Morgan fingerprint density at radius 2 is 2.05 bits per heavy atom.